The maximum absolute atomic E-state index is 12.2. The van der Waals surface area contributed by atoms with Gasteiger partial charge in [0.05, 0.1) is 0 Å². The van der Waals surface area contributed by atoms with Gasteiger partial charge in [-0.3, -0.25) is 9.89 Å². The summed E-state index contributed by atoms with van der Waals surface area (Å²) >= 11 is 1.38. The summed E-state index contributed by atoms with van der Waals surface area (Å²) in [5.41, 5.74) is 0.432. The third-order valence-electron chi connectivity index (χ3n) is 4.01. The van der Waals surface area contributed by atoms with Crippen molar-refractivity contribution in [1.29, 1.82) is 0 Å². The Morgan fingerprint density at radius 1 is 1.43 bits per heavy atom. The number of likely N-dealkylation sites (tertiary alicyclic amines) is 1. The minimum atomic E-state index is -0.134. The number of amides is 1. The van der Waals surface area contributed by atoms with Gasteiger partial charge in [-0.05, 0) is 18.3 Å². The molecule has 1 saturated heterocycles. The molecule has 2 atom stereocenters. The maximum Gasteiger partial charge on any atom is 0.270 e. The average molecular weight is 334 g/mol. The van der Waals surface area contributed by atoms with Crippen molar-refractivity contribution in [2.24, 2.45) is 11.8 Å². The number of thiazole rings is 1. The van der Waals surface area contributed by atoms with Gasteiger partial charge in [-0.1, -0.05) is 13.8 Å². The fraction of sp³-hybridized carbons (Fsp3) is 0.600. The molecule has 0 saturated carbocycles. The quantitative estimate of drug-likeness (QED) is 0.868. The molecule has 0 aromatic carbocycles. The fourth-order valence-electron chi connectivity index (χ4n) is 3.19. The fourth-order valence-corrected chi connectivity index (χ4v) is 3.93. The first-order valence-electron chi connectivity index (χ1n) is 7.93. The first-order valence-corrected chi connectivity index (χ1v) is 8.81. The first kappa shape index (κ1) is 16.1. The van der Waals surface area contributed by atoms with Crippen LogP contribution < -0.4 is 5.32 Å². The molecule has 1 aliphatic heterocycles. The van der Waals surface area contributed by atoms with Crippen molar-refractivity contribution in [3.63, 3.8) is 0 Å². The van der Waals surface area contributed by atoms with Crippen LogP contribution in [0.15, 0.2) is 11.7 Å². The van der Waals surface area contributed by atoms with Crippen LogP contribution in [-0.2, 0) is 0 Å². The molecule has 7 nitrogen and oxygen atoms in total. The SMILES string of the molecule is C[C@@H]1C[C@H](C)CN(CCNC(=O)c2csc(-c3ncn[nH]3)n2)C1. The van der Waals surface area contributed by atoms with Crippen LogP contribution in [-0.4, -0.2) is 57.2 Å². The van der Waals surface area contributed by atoms with E-state index >= 15 is 0 Å². The molecule has 1 fully saturated rings. The van der Waals surface area contributed by atoms with Crippen molar-refractivity contribution in [2.75, 3.05) is 26.2 Å². The summed E-state index contributed by atoms with van der Waals surface area (Å²) in [5.74, 6) is 1.92. The molecule has 2 N–H and O–H groups in total. The lowest BCUT2D eigenvalue weighted by Crippen LogP contribution is -2.42. The second-order valence-corrected chi connectivity index (χ2v) is 7.19. The van der Waals surface area contributed by atoms with Crippen LogP contribution in [0.3, 0.4) is 0 Å². The molecule has 1 aliphatic rings. The third-order valence-corrected chi connectivity index (χ3v) is 4.86. The van der Waals surface area contributed by atoms with Gasteiger partial charge >= 0.3 is 0 Å². The number of piperidine rings is 1. The molecule has 0 spiro atoms. The topological polar surface area (TPSA) is 86.8 Å². The number of nitrogens with zero attached hydrogens (tertiary/aromatic N) is 4. The largest absolute Gasteiger partial charge is 0.349 e. The molecule has 0 aliphatic carbocycles. The molecule has 3 heterocycles. The van der Waals surface area contributed by atoms with Crippen molar-refractivity contribution in [1.82, 2.24) is 30.4 Å². The van der Waals surface area contributed by atoms with Gasteiger partial charge in [-0.2, -0.15) is 5.10 Å². The molecule has 2 aromatic heterocycles. The molecule has 1 amide bonds. The third kappa shape index (κ3) is 4.14. The molecule has 124 valence electrons. The lowest BCUT2D eigenvalue weighted by Gasteiger charge is -2.34. The molecule has 0 unspecified atom stereocenters. The van der Waals surface area contributed by atoms with Crippen molar-refractivity contribution in [3.8, 4) is 10.8 Å². The molecule has 23 heavy (non-hydrogen) atoms. The highest BCUT2D eigenvalue weighted by Crippen LogP contribution is 2.21. The van der Waals surface area contributed by atoms with Gasteiger partial charge < -0.3 is 10.2 Å². The summed E-state index contributed by atoms with van der Waals surface area (Å²) < 4.78 is 0. The predicted octanol–water partition coefficient (Wildman–Crippen LogP) is 1.64. The van der Waals surface area contributed by atoms with Crippen LogP contribution in [0.2, 0.25) is 0 Å². The summed E-state index contributed by atoms with van der Waals surface area (Å²) in [5, 5.41) is 11.9. The Kier molecular flexibility index (Phi) is 5.02. The summed E-state index contributed by atoms with van der Waals surface area (Å²) in [4.78, 5) is 22.9. The second-order valence-electron chi connectivity index (χ2n) is 6.33. The number of rotatable bonds is 5. The van der Waals surface area contributed by atoms with Crippen LogP contribution in [0.4, 0.5) is 0 Å². The zero-order valence-corrected chi connectivity index (χ0v) is 14.3. The minimum absolute atomic E-state index is 0.134. The van der Waals surface area contributed by atoms with Gasteiger partial charge in [0.15, 0.2) is 10.8 Å². The molecule has 3 rings (SSSR count). The number of nitrogens with one attached hydrogen (secondary N) is 2. The van der Waals surface area contributed by atoms with E-state index in [-0.39, 0.29) is 5.91 Å². The van der Waals surface area contributed by atoms with E-state index in [9.17, 15) is 4.79 Å². The number of carbonyl (C=O) groups is 1. The molecule has 0 bridgehead atoms. The van der Waals surface area contributed by atoms with Crippen molar-refractivity contribution < 1.29 is 4.79 Å². The Morgan fingerprint density at radius 2 is 2.22 bits per heavy atom. The molecular formula is C15H22N6OS. The average Bonchev–Trinajstić information content (AvgIpc) is 3.17. The highest BCUT2D eigenvalue weighted by atomic mass is 32.1. The first-order chi connectivity index (χ1) is 11.1. The monoisotopic (exact) mass is 334 g/mol. The Labute approximate surface area is 139 Å². The van der Waals surface area contributed by atoms with Gasteiger partial charge in [-0.25, -0.2) is 9.97 Å². The van der Waals surface area contributed by atoms with Gasteiger partial charge in [0.2, 0.25) is 0 Å². The normalized spacial score (nSPS) is 22.2. The van der Waals surface area contributed by atoms with E-state index in [0.717, 1.165) is 31.5 Å². The van der Waals surface area contributed by atoms with Gasteiger partial charge in [0.1, 0.15) is 12.0 Å². The Balaban J connectivity index is 1.48. The summed E-state index contributed by atoms with van der Waals surface area (Å²) in [6.07, 6.45) is 2.73. The summed E-state index contributed by atoms with van der Waals surface area (Å²) in [6, 6.07) is 0. The molecule has 2 aromatic rings. The zero-order valence-electron chi connectivity index (χ0n) is 13.5. The van der Waals surface area contributed by atoms with E-state index in [1.807, 2.05) is 0 Å². The molecule has 0 radical (unpaired) electrons. The minimum Gasteiger partial charge on any atom is -0.349 e. The van der Waals surface area contributed by atoms with Crippen LogP contribution in [0.1, 0.15) is 30.8 Å². The van der Waals surface area contributed by atoms with E-state index < -0.39 is 0 Å². The smallest absolute Gasteiger partial charge is 0.270 e. The van der Waals surface area contributed by atoms with Crippen LogP contribution in [0.5, 0.6) is 0 Å². The van der Waals surface area contributed by atoms with Crippen molar-refractivity contribution in [3.05, 3.63) is 17.4 Å². The van der Waals surface area contributed by atoms with Crippen molar-refractivity contribution in [2.45, 2.75) is 20.3 Å². The predicted molar refractivity (Wildman–Crippen MR) is 89.2 cm³/mol. The number of aromatic amines is 1. The van der Waals surface area contributed by atoms with Crippen LogP contribution in [0, 0.1) is 11.8 Å². The number of hydrogen-bond acceptors (Lipinski definition) is 6. The Bertz CT molecular complexity index is 630. The number of H-pyrrole nitrogens is 1. The van der Waals surface area contributed by atoms with E-state index in [4.69, 9.17) is 0 Å². The Hall–Kier alpha value is -1.80. The van der Waals surface area contributed by atoms with Crippen LogP contribution >= 0.6 is 11.3 Å². The van der Waals surface area contributed by atoms with Gasteiger partial charge in [0.25, 0.3) is 5.91 Å². The summed E-state index contributed by atoms with van der Waals surface area (Å²) in [7, 11) is 0. The number of hydrogen-bond donors (Lipinski definition) is 2. The zero-order chi connectivity index (χ0) is 16.2. The highest BCUT2D eigenvalue weighted by molar-refractivity contribution is 7.13. The van der Waals surface area contributed by atoms with E-state index in [1.165, 1.54) is 24.1 Å². The van der Waals surface area contributed by atoms with E-state index in [2.05, 4.69) is 44.2 Å². The maximum atomic E-state index is 12.2. The highest BCUT2D eigenvalue weighted by Gasteiger charge is 2.21. The van der Waals surface area contributed by atoms with Crippen LogP contribution in [0.25, 0.3) is 10.8 Å². The lowest BCUT2D eigenvalue weighted by atomic mass is 9.92. The number of carbonyl (C=O) groups excluding carboxylic acids is 1. The number of aromatic nitrogens is 4. The second kappa shape index (κ2) is 7.18. The molecular weight excluding hydrogens is 312 g/mol. The van der Waals surface area contributed by atoms with E-state index in [0.29, 0.717) is 23.1 Å². The molecule has 8 heteroatoms. The lowest BCUT2D eigenvalue weighted by molar-refractivity contribution is 0.0932. The van der Waals surface area contributed by atoms with Gasteiger partial charge in [-0.15, -0.1) is 11.3 Å². The van der Waals surface area contributed by atoms with Crippen molar-refractivity contribution >= 4 is 17.2 Å². The Morgan fingerprint density at radius 3 is 2.91 bits per heavy atom. The van der Waals surface area contributed by atoms with Gasteiger partial charge in [0, 0.05) is 31.6 Å². The summed E-state index contributed by atoms with van der Waals surface area (Å²) in [6.45, 7) is 8.36. The standard InChI is InChI=1S/C15H22N6OS/c1-10-5-11(2)7-21(6-10)4-3-16-14(22)12-8-23-15(19-12)13-17-9-18-20-13/h8-11H,3-7H2,1-2H3,(H,16,22)(H,17,18,20)/t10-,11+. The van der Waals surface area contributed by atoms with E-state index in [1.54, 1.807) is 5.38 Å².